The Labute approximate surface area is 317 Å². The largest absolute Gasteiger partial charge is 0.444 e. The number of benzene rings is 1. The number of ether oxygens (including phenoxy) is 2. The number of carbonyl (C=O) groups excluding carboxylic acids is 5. The number of aryl methyl sites for hydroxylation is 1. The van der Waals surface area contributed by atoms with Crippen LogP contribution in [0.2, 0.25) is 0 Å². The van der Waals surface area contributed by atoms with Crippen LogP contribution in [0, 0.1) is 11.8 Å². The summed E-state index contributed by atoms with van der Waals surface area (Å²) in [5, 5.41) is 5.02. The van der Waals surface area contributed by atoms with E-state index in [1.54, 1.807) is 4.90 Å². The summed E-state index contributed by atoms with van der Waals surface area (Å²) < 4.78 is 39.6. The standard InChI is InChI=1S/C39H53N5O9S/c1-4-27-20-39(27,35(47)42-54(50,51)29-16-17-29)41-33(45)31-19-28-22-44(31)34(46)32(25-12-6-5-7-13-25)40-36(48)53-38(2,3)18-9-8-11-24-14-10-15-26-21-43(23-30(24)26)37(49)52-28/h4,10,14-15,25,27-29,31-32H,1,5-9,11-13,16-23H2,2-3H3,(H,40,48)(H,41,45)(H,42,47)/t27-,28+,31-,32-,39+/m0/s1. The van der Waals surface area contributed by atoms with Gasteiger partial charge >= 0.3 is 12.2 Å². The van der Waals surface area contributed by atoms with E-state index in [1.807, 2.05) is 26.0 Å². The summed E-state index contributed by atoms with van der Waals surface area (Å²) in [5.41, 5.74) is 0.917. The van der Waals surface area contributed by atoms with E-state index in [4.69, 9.17) is 9.47 Å². The number of carbonyl (C=O) groups is 5. The molecule has 0 aromatic heterocycles. The smallest absolute Gasteiger partial charge is 0.410 e. The number of fused-ring (bicyclic) bond motifs is 3. The van der Waals surface area contributed by atoms with Gasteiger partial charge in [0.25, 0.3) is 5.91 Å². The first-order valence-corrected chi connectivity index (χ1v) is 21.1. The van der Waals surface area contributed by atoms with Gasteiger partial charge in [-0.3, -0.25) is 24.0 Å². The predicted molar refractivity (Wildman–Crippen MR) is 197 cm³/mol. The molecule has 1 saturated heterocycles. The quantitative estimate of drug-likeness (QED) is 0.346. The van der Waals surface area contributed by atoms with E-state index in [-0.39, 0.29) is 25.3 Å². The Morgan fingerprint density at radius 1 is 1.00 bits per heavy atom. The van der Waals surface area contributed by atoms with Gasteiger partial charge in [-0.25, -0.2) is 18.0 Å². The van der Waals surface area contributed by atoms with Gasteiger partial charge in [0.05, 0.1) is 11.8 Å². The lowest BCUT2D eigenvalue weighted by molar-refractivity contribution is -0.142. The van der Waals surface area contributed by atoms with Crippen LogP contribution in [0.3, 0.4) is 0 Å². The lowest BCUT2D eigenvalue weighted by atomic mass is 9.83. The summed E-state index contributed by atoms with van der Waals surface area (Å²) >= 11 is 0. The maximum Gasteiger partial charge on any atom is 0.410 e. The number of amides is 5. The van der Waals surface area contributed by atoms with E-state index >= 15 is 0 Å². The zero-order valence-electron chi connectivity index (χ0n) is 31.3. The zero-order valence-corrected chi connectivity index (χ0v) is 32.1. The van der Waals surface area contributed by atoms with Gasteiger partial charge in [-0.1, -0.05) is 43.5 Å². The van der Waals surface area contributed by atoms with Crippen LogP contribution in [-0.4, -0.2) is 89.2 Å². The molecule has 4 fully saturated rings. The number of hydrogen-bond acceptors (Lipinski definition) is 9. The Morgan fingerprint density at radius 2 is 1.74 bits per heavy atom. The van der Waals surface area contributed by atoms with Gasteiger partial charge in [-0.15, -0.1) is 6.58 Å². The lowest BCUT2D eigenvalue weighted by Crippen LogP contribution is -2.59. The molecule has 294 valence electrons. The van der Waals surface area contributed by atoms with E-state index in [0.29, 0.717) is 45.2 Å². The maximum absolute atomic E-state index is 14.7. The normalized spacial score (nSPS) is 30.5. The Morgan fingerprint density at radius 3 is 2.44 bits per heavy atom. The molecule has 15 heteroatoms. The number of hydrogen-bond donors (Lipinski definition) is 3. The first-order chi connectivity index (χ1) is 25.7. The highest BCUT2D eigenvalue weighted by molar-refractivity contribution is 7.91. The van der Waals surface area contributed by atoms with Gasteiger partial charge in [0.15, 0.2) is 0 Å². The van der Waals surface area contributed by atoms with Crippen LogP contribution in [0.15, 0.2) is 30.9 Å². The summed E-state index contributed by atoms with van der Waals surface area (Å²) in [6, 6.07) is 3.88. The highest BCUT2D eigenvalue weighted by Gasteiger charge is 2.62. The summed E-state index contributed by atoms with van der Waals surface area (Å²) in [6.45, 7) is 8.14. The van der Waals surface area contributed by atoms with E-state index < -0.39 is 80.4 Å². The summed E-state index contributed by atoms with van der Waals surface area (Å²) in [4.78, 5) is 72.8. The van der Waals surface area contributed by atoms with Crippen molar-refractivity contribution in [1.82, 2.24) is 25.2 Å². The molecule has 6 aliphatic rings. The van der Waals surface area contributed by atoms with Crippen LogP contribution in [0.25, 0.3) is 0 Å². The average molecular weight is 768 g/mol. The molecule has 14 nitrogen and oxygen atoms in total. The van der Waals surface area contributed by atoms with Gasteiger partial charge in [-0.05, 0) is 94.2 Å². The number of alkyl carbamates (subject to hydrolysis) is 1. The SMILES string of the molecule is C=C[C@H]1C[C@]1(NC(=O)[C@@H]1C[C@@H]2CN1C(=O)[C@H](C1CCCCC1)NC(=O)OC(C)(C)CCCCc1cccc3c1CN(C3)C(=O)O2)C(=O)NS(=O)(=O)C1CC1. The highest BCUT2D eigenvalue weighted by Crippen LogP contribution is 2.45. The fraction of sp³-hybridized carbons (Fsp3) is 0.667. The molecule has 5 amide bonds. The molecule has 4 bridgehead atoms. The van der Waals surface area contributed by atoms with Crippen molar-refractivity contribution in [3.05, 3.63) is 47.5 Å². The molecule has 7 rings (SSSR count). The Hall–Kier alpha value is -4.14. The van der Waals surface area contributed by atoms with Gasteiger partial charge in [-0.2, -0.15) is 0 Å². The Balaban J connectivity index is 1.18. The van der Waals surface area contributed by atoms with Crippen molar-refractivity contribution < 1.29 is 41.9 Å². The van der Waals surface area contributed by atoms with Crippen LogP contribution in [0.4, 0.5) is 9.59 Å². The lowest BCUT2D eigenvalue weighted by Gasteiger charge is -2.35. The summed E-state index contributed by atoms with van der Waals surface area (Å²) in [6.07, 6.45) is 7.58. The van der Waals surface area contributed by atoms with Gasteiger partial charge in [0.2, 0.25) is 21.8 Å². The van der Waals surface area contributed by atoms with Crippen LogP contribution in [0.5, 0.6) is 0 Å². The van der Waals surface area contributed by atoms with E-state index in [9.17, 15) is 32.4 Å². The molecule has 5 atom stereocenters. The number of cyclic esters (lactones) is 1. The fourth-order valence-electron chi connectivity index (χ4n) is 8.82. The molecule has 0 unspecified atom stereocenters. The fourth-order valence-corrected chi connectivity index (χ4v) is 10.2. The second-order valence-electron chi connectivity index (χ2n) is 16.7. The molecule has 54 heavy (non-hydrogen) atoms. The number of rotatable bonds is 7. The van der Waals surface area contributed by atoms with Crippen molar-refractivity contribution in [1.29, 1.82) is 0 Å². The van der Waals surface area contributed by atoms with Crippen molar-refractivity contribution >= 4 is 39.9 Å². The van der Waals surface area contributed by atoms with Crippen LogP contribution >= 0.6 is 0 Å². The average Bonchev–Trinajstić information content (AvgIpc) is 4.02. The monoisotopic (exact) mass is 767 g/mol. The minimum atomic E-state index is -3.91. The van der Waals surface area contributed by atoms with Crippen LogP contribution in [-0.2, 0) is 53.4 Å². The van der Waals surface area contributed by atoms with Crippen molar-refractivity contribution in [3.63, 3.8) is 0 Å². The van der Waals surface area contributed by atoms with Gasteiger partial charge in [0.1, 0.15) is 29.3 Å². The predicted octanol–water partition coefficient (Wildman–Crippen LogP) is 3.96. The molecular weight excluding hydrogens is 715 g/mol. The third-order valence-electron chi connectivity index (χ3n) is 12.2. The topological polar surface area (TPSA) is 181 Å². The van der Waals surface area contributed by atoms with E-state index in [0.717, 1.165) is 55.2 Å². The molecule has 0 spiro atoms. The molecule has 3 aliphatic heterocycles. The van der Waals surface area contributed by atoms with Crippen molar-refractivity contribution in [2.24, 2.45) is 11.8 Å². The van der Waals surface area contributed by atoms with E-state index in [2.05, 4.69) is 28.0 Å². The van der Waals surface area contributed by atoms with Crippen molar-refractivity contribution in [2.45, 2.75) is 145 Å². The Bertz CT molecular complexity index is 1810. The minimum absolute atomic E-state index is 0.0545. The van der Waals surface area contributed by atoms with Crippen LogP contribution in [0.1, 0.15) is 108 Å². The van der Waals surface area contributed by atoms with Crippen molar-refractivity contribution in [2.75, 3.05) is 6.54 Å². The molecular formula is C39H53N5O9S. The second kappa shape index (κ2) is 14.8. The number of nitrogens with one attached hydrogen (secondary N) is 3. The third-order valence-corrected chi connectivity index (χ3v) is 14.0. The van der Waals surface area contributed by atoms with Crippen LogP contribution < -0.4 is 15.4 Å². The molecule has 0 radical (unpaired) electrons. The summed E-state index contributed by atoms with van der Waals surface area (Å²) in [5.74, 6) is -2.77. The highest BCUT2D eigenvalue weighted by atomic mass is 32.2. The Kier molecular flexibility index (Phi) is 10.5. The number of sulfonamides is 1. The minimum Gasteiger partial charge on any atom is -0.444 e. The molecule has 1 aromatic rings. The summed E-state index contributed by atoms with van der Waals surface area (Å²) in [7, 11) is -3.91. The first-order valence-electron chi connectivity index (χ1n) is 19.6. The van der Waals surface area contributed by atoms with Gasteiger partial charge in [0, 0.05) is 25.4 Å². The molecule has 3 N–H and O–H groups in total. The molecule has 1 aromatic carbocycles. The zero-order chi connectivity index (χ0) is 38.4. The molecule has 3 aliphatic carbocycles. The third kappa shape index (κ3) is 7.97. The maximum atomic E-state index is 14.7. The second-order valence-corrected chi connectivity index (χ2v) is 18.7. The van der Waals surface area contributed by atoms with Gasteiger partial charge < -0.3 is 25.0 Å². The number of nitrogens with zero attached hydrogens (tertiary/aromatic N) is 2. The first kappa shape index (κ1) is 38.1. The molecule has 3 saturated carbocycles. The van der Waals surface area contributed by atoms with Crippen molar-refractivity contribution in [3.8, 4) is 0 Å². The van der Waals surface area contributed by atoms with E-state index in [1.165, 1.54) is 11.0 Å². The molecule has 3 heterocycles.